The summed E-state index contributed by atoms with van der Waals surface area (Å²) in [4.78, 5) is 4.73. The molecule has 3 rings (SSSR count). The Labute approximate surface area is 139 Å². The maximum Gasteiger partial charge on any atom is 0.0944 e. The third-order valence-electron chi connectivity index (χ3n) is 4.80. The predicted octanol–water partition coefficient (Wildman–Crippen LogP) is 5.67. The highest BCUT2D eigenvalue weighted by Gasteiger charge is 2.16. The van der Waals surface area contributed by atoms with Crippen molar-refractivity contribution < 1.29 is 0 Å². The van der Waals surface area contributed by atoms with Crippen LogP contribution < -0.4 is 0 Å². The first-order valence-electron chi connectivity index (χ1n) is 8.50. The molecule has 3 aromatic rings. The van der Waals surface area contributed by atoms with Crippen LogP contribution in [-0.4, -0.2) is 9.55 Å². The molecule has 2 heteroatoms. The number of aryl methyl sites for hydroxylation is 3. The minimum absolute atomic E-state index is 0.701. The number of nitrogens with zero attached hydrogens (tertiary/aromatic N) is 2. The van der Waals surface area contributed by atoms with Crippen LogP contribution in [0.25, 0.3) is 22.2 Å². The first-order valence-corrected chi connectivity index (χ1v) is 8.50. The van der Waals surface area contributed by atoms with Crippen molar-refractivity contribution in [1.29, 1.82) is 0 Å². The lowest BCUT2D eigenvalue weighted by Gasteiger charge is -2.13. The average Bonchev–Trinajstić information content (AvgIpc) is 2.78. The van der Waals surface area contributed by atoms with Crippen LogP contribution in [0.5, 0.6) is 0 Å². The van der Waals surface area contributed by atoms with E-state index in [-0.39, 0.29) is 0 Å². The SMILES string of the molecule is Cc1ccc(-c2nccc3c(C)c(C)n(CCC(C)C)c23)cc1. The summed E-state index contributed by atoms with van der Waals surface area (Å²) in [7, 11) is 0. The van der Waals surface area contributed by atoms with Gasteiger partial charge in [0.15, 0.2) is 0 Å². The molecular weight excluding hydrogens is 280 g/mol. The monoisotopic (exact) mass is 306 g/mol. The molecule has 0 N–H and O–H groups in total. The largest absolute Gasteiger partial charge is 0.343 e. The Hall–Kier alpha value is -2.09. The molecule has 0 aliphatic rings. The maximum atomic E-state index is 4.73. The highest BCUT2D eigenvalue weighted by atomic mass is 15.0. The molecule has 0 aliphatic carbocycles. The summed E-state index contributed by atoms with van der Waals surface area (Å²) in [6.45, 7) is 12.2. The Morgan fingerprint density at radius 1 is 1.00 bits per heavy atom. The summed E-state index contributed by atoms with van der Waals surface area (Å²) in [5.41, 5.74) is 7.60. The van der Waals surface area contributed by atoms with Crippen molar-refractivity contribution in [2.24, 2.45) is 5.92 Å². The van der Waals surface area contributed by atoms with Gasteiger partial charge in [0.25, 0.3) is 0 Å². The normalized spacial score (nSPS) is 11.6. The van der Waals surface area contributed by atoms with E-state index < -0.39 is 0 Å². The maximum absolute atomic E-state index is 4.73. The lowest BCUT2D eigenvalue weighted by molar-refractivity contribution is 0.519. The first kappa shape index (κ1) is 15.8. The van der Waals surface area contributed by atoms with Gasteiger partial charge in [-0.25, -0.2) is 0 Å². The van der Waals surface area contributed by atoms with Crippen molar-refractivity contribution in [3.63, 3.8) is 0 Å². The molecule has 0 bridgehead atoms. The Kier molecular flexibility index (Phi) is 4.25. The van der Waals surface area contributed by atoms with Crippen molar-refractivity contribution in [1.82, 2.24) is 9.55 Å². The van der Waals surface area contributed by atoms with Gasteiger partial charge in [0, 0.05) is 29.4 Å². The standard InChI is InChI=1S/C21H26N2/c1-14(2)11-13-23-17(5)16(4)19-10-12-22-20(21(19)23)18-8-6-15(3)7-9-18/h6-10,12,14H,11,13H2,1-5H3. The number of benzene rings is 1. The van der Waals surface area contributed by atoms with E-state index in [0.29, 0.717) is 5.92 Å². The molecule has 0 amide bonds. The van der Waals surface area contributed by atoms with Crippen LogP contribution in [-0.2, 0) is 6.54 Å². The van der Waals surface area contributed by atoms with Crippen LogP contribution in [0.1, 0.15) is 37.1 Å². The van der Waals surface area contributed by atoms with Gasteiger partial charge in [-0.3, -0.25) is 4.98 Å². The molecule has 2 heterocycles. The molecule has 120 valence electrons. The quantitative estimate of drug-likeness (QED) is 0.607. The Morgan fingerprint density at radius 3 is 2.35 bits per heavy atom. The summed E-state index contributed by atoms with van der Waals surface area (Å²) in [6.07, 6.45) is 3.13. The highest BCUT2D eigenvalue weighted by Crippen LogP contribution is 2.32. The summed E-state index contributed by atoms with van der Waals surface area (Å²) in [5.74, 6) is 0.701. The van der Waals surface area contributed by atoms with E-state index >= 15 is 0 Å². The summed E-state index contributed by atoms with van der Waals surface area (Å²) < 4.78 is 2.47. The van der Waals surface area contributed by atoms with Gasteiger partial charge in [-0.05, 0) is 44.7 Å². The molecule has 0 unspecified atom stereocenters. The van der Waals surface area contributed by atoms with Crippen LogP contribution >= 0.6 is 0 Å². The van der Waals surface area contributed by atoms with Gasteiger partial charge >= 0.3 is 0 Å². The summed E-state index contributed by atoms with van der Waals surface area (Å²) in [6, 6.07) is 10.8. The Balaban J connectivity index is 2.22. The fourth-order valence-electron chi connectivity index (χ4n) is 3.18. The number of rotatable bonds is 4. The molecule has 0 spiro atoms. The molecule has 0 saturated heterocycles. The molecule has 23 heavy (non-hydrogen) atoms. The molecule has 0 atom stereocenters. The van der Waals surface area contributed by atoms with E-state index in [1.807, 2.05) is 6.20 Å². The topological polar surface area (TPSA) is 17.8 Å². The molecule has 0 saturated carbocycles. The van der Waals surface area contributed by atoms with Gasteiger partial charge in [-0.15, -0.1) is 0 Å². The summed E-state index contributed by atoms with van der Waals surface area (Å²) >= 11 is 0. The molecule has 0 fully saturated rings. The lowest BCUT2D eigenvalue weighted by Crippen LogP contribution is -2.04. The van der Waals surface area contributed by atoms with Crippen molar-refractivity contribution in [3.8, 4) is 11.3 Å². The third kappa shape index (κ3) is 2.90. The zero-order valence-corrected chi connectivity index (χ0v) is 14.9. The number of fused-ring (bicyclic) bond motifs is 1. The predicted molar refractivity (Wildman–Crippen MR) is 98.8 cm³/mol. The molecular formula is C21H26N2. The number of pyridine rings is 1. The van der Waals surface area contributed by atoms with Gasteiger partial charge in [-0.1, -0.05) is 43.7 Å². The van der Waals surface area contributed by atoms with Gasteiger partial charge in [0.2, 0.25) is 0 Å². The smallest absolute Gasteiger partial charge is 0.0944 e. The molecule has 0 aliphatic heterocycles. The third-order valence-corrected chi connectivity index (χ3v) is 4.80. The van der Waals surface area contributed by atoms with E-state index in [1.165, 1.54) is 39.7 Å². The van der Waals surface area contributed by atoms with Crippen molar-refractivity contribution in [2.45, 2.75) is 47.6 Å². The van der Waals surface area contributed by atoms with Crippen molar-refractivity contribution in [3.05, 3.63) is 53.3 Å². The van der Waals surface area contributed by atoms with Gasteiger partial charge in [0.05, 0.1) is 11.2 Å². The molecule has 2 nitrogen and oxygen atoms in total. The minimum atomic E-state index is 0.701. The molecule has 0 radical (unpaired) electrons. The van der Waals surface area contributed by atoms with Crippen LogP contribution in [0.3, 0.4) is 0 Å². The van der Waals surface area contributed by atoms with E-state index in [1.54, 1.807) is 0 Å². The van der Waals surface area contributed by atoms with E-state index in [2.05, 4.69) is 69.5 Å². The average molecular weight is 306 g/mol. The number of hydrogen-bond acceptors (Lipinski definition) is 1. The van der Waals surface area contributed by atoms with Crippen LogP contribution in [0, 0.1) is 26.7 Å². The van der Waals surface area contributed by atoms with Gasteiger partial charge < -0.3 is 4.57 Å². The fourth-order valence-corrected chi connectivity index (χ4v) is 3.18. The number of hydrogen-bond donors (Lipinski definition) is 0. The number of aromatic nitrogens is 2. The van der Waals surface area contributed by atoms with Crippen molar-refractivity contribution in [2.75, 3.05) is 0 Å². The molecule has 2 aromatic heterocycles. The lowest BCUT2D eigenvalue weighted by atomic mass is 10.1. The van der Waals surface area contributed by atoms with E-state index in [0.717, 1.165) is 12.2 Å². The van der Waals surface area contributed by atoms with E-state index in [9.17, 15) is 0 Å². The first-order chi connectivity index (χ1) is 11.0. The van der Waals surface area contributed by atoms with Gasteiger partial charge in [0.1, 0.15) is 0 Å². The minimum Gasteiger partial charge on any atom is -0.343 e. The second-order valence-corrected chi connectivity index (χ2v) is 6.97. The van der Waals surface area contributed by atoms with E-state index in [4.69, 9.17) is 4.98 Å². The van der Waals surface area contributed by atoms with Crippen LogP contribution in [0.4, 0.5) is 0 Å². The Morgan fingerprint density at radius 2 is 1.70 bits per heavy atom. The summed E-state index contributed by atoms with van der Waals surface area (Å²) in [5, 5.41) is 1.33. The van der Waals surface area contributed by atoms with Crippen LogP contribution in [0.2, 0.25) is 0 Å². The highest BCUT2D eigenvalue weighted by molar-refractivity contribution is 5.95. The zero-order valence-electron chi connectivity index (χ0n) is 14.9. The van der Waals surface area contributed by atoms with Gasteiger partial charge in [-0.2, -0.15) is 0 Å². The second-order valence-electron chi connectivity index (χ2n) is 6.97. The zero-order chi connectivity index (χ0) is 16.6. The molecule has 1 aromatic carbocycles. The second kappa shape index (κ2) is 6.19. The Bertz CT molecular complexity index is 823. The van der Waals surface area contributed by atoms with Crippen molar-refractivity contribution >= 4 is 10.9 Å². The fraction of sp³-hybridized carbons (Fsp3) is 0.381. The van der Waals surface area contributed by atoms with Crippen LogP contribution in [0.15, 0.2) is 36.5 Å².